The Bertz CT molecular complexity index is 935. The minimum atomic E-state index is 0.781. The van der Waals surface area contributed by atoms with Gasteiger partial charge in [0.2, 0.25) is 0 Å². The third-order valence-electron chi connectivity index (χ3n) is 4.22. The number of hydrogen-bond donors (Lipinski definition) is 0. The van der Waals surface area contributed by atoms with Gasteiger partial charge in [-0.2, -0.15) is 0 Å². The fourth-order valence-corrected chi connectivity index (χ4v) is 2.99. The molecule has 0 fully saturated rings. The summed E-state index contributed by atoms with van der Waals surface area (Å²) in [5.41, 5.74) is 6.83. The summed E-state index contributed by atoms with van der Waals surface area (Å²) in [6.07, 6.45) is 1.81. The van der Waals surface area contributed by atoms with Crippen molar-refractivity contribution in [3.8, 4) is 33.5 Å². The molecule has 0 saturated carbocycles. The molecule has 120 valence electrons. The van der Waals surface area contributed by atoms with E-state index in [0.717, 1.165) is 17.1 Å². The van der Waals surface area contributed by atoms with E-state index >= 15 is 0 Å². The Kier molecular flexibility index (Phi) is 4.09. The van der Waals surface area contributed by atoms with E-state index in [1.54, 1.807) is 0 Å². The summed E-state index contributed by atoms with van der Waals surface area (Å²) < 4.78 is 0. The normalized spacial score (nSPS) is 10.6. The average Bonchev–Trinajstić information content (AvgIpc) is 2.69. The van der Waals surface area contributed by atoms with Crippen molar-refractivity contribution in [3.05, 3.63) is 97.0 Å². The zero-order chi connectivity index (χ0) is 17.1. The first-order chi connectivity index (χ1) is 12.3. The minimum absolute atomic E-state index is 0.781. The number of hydrogen-bond acceptors (Lipinski definition) is 2. The highest BCUT2D eigenvalue weighted by Crippen LogP contribution is 2.32. The van der Waals surface area contributed by atoms with Crippen LogP contribution in [0.3, 0.4) is 0 Å². The van der Waals surface area contributed by atoms with Gasteiger partial charge in [0.15, 0.2) is 0 Å². The van der Waals surface area contributed by atoms with E-state index in [0.29, 0.717) is 0 Å². The molecule has 0 N–H and O–H groups in total. The van der Waals surface area contributed by atoms with Crippen molar-refractivity contribution in [2.45, 2.75) is 6.92 Å². The molecule has 0 saturated heterocycles. The highest BCUT2D eigenvalue weighted by Gasteiger charge is 2.08. The fourth-order valence-electron chi connectivity index (χ4n) is 2.99. The lowest BCUT2D eigenvalue weighted by atomic mass is 9.95. The minimum Gasteiger partial charge on any atom is -0.242 e. The monoisotopic (exact) mass is 322 g/mol. The van der Waals surface area contributed by atoms with E-state index in [1.165, 1.54) is 22.3 Å². The maximum atomic E-state index is 4.60. The van der Waals surface area contributed by atoms with Crippen LogP contribution in [0.25, 0.3) is 33.5 Å². The first-order valence-corrected chi connectivity index (χ1v) is 8.35. The lowest BCUT2D eigenvalue weighted by Crippen LogP contribution is -1.91. The zero-order valence-corrected chi connectivity index (χ0v) is 14.1. The number of nitrogens with zero attached hydrogens (tertiary/aromatic N) is 2. The summed E-state index contributed by atoms with van der Waals surface area (Å²) in [7, 11) is 0. The summed E-state index contributed by atoms with van der Waals surface area (Å²) in [6.45, 7) is 1.92. The molecule has 25 heavy (non-hydrogen) atoms. The molecule has 0 aliphatic rings. The van der Waals surface area contributed by atoms with Gasteiger partial charge in [-0.3, -0.25) is 0 Å². The lowest BCUT2D eigenvalue weighted by molar-refractivity contribution is 1.06. The number of rotatable bonds is 3. The van der Waals surface area contributed by atoms with Gasteiger partial charge in [0, 0.05) is 11.8 Å². The molecular formula is C23H18N2. The standard InChI is InChI=1S/C23H18N2/c1-17-24-13-12-23(25-17)22-15-20(18-8-4-2-5-9-18)14-21(16-22)19-10-6-3-7-11-19/h2-16H,1H3. The smallest absolute Gasteiger partial charge is 0.125 e. The lowest BCUT2D eigenvalue weighted by Gasteiger charge is -2.11. The third kappa shape index (κ3) is 3.33. The van der Waals surface area contributed by atoms with Gasteiger partial charge in [-0.05, 0) is 53.4 Å². The van der Waals surface area contributed by atoms with Gasteiger partial charge in [0.25, 0.3) is 0 Å². The van der Waals surface area contributed by atoms with Gasteiger partial charge in [0.1, 0.15) is 5.82 Å². The molecule has 2 nitrogen and oxygen atoms in total. The first-order valence-electron chi connectivity index (χ1n) is 8.35. The molecule has 3 aromatic carbocycles. The molecule has 0 aliphatic heterocycles. The number of aryl methyl sites for hydroxylation is 1. The molecule has 0 aliphatic carbocycles. The summed E-state index contributed by atoms with van der Waals surface area (Å²) in [6, 6.07) is 29.5. The fraction of sp³-hybridized carbons (Fsp3) is 0.0435. The Morgan fingerprint density at radius 3 is 1.60 bits per heavy atom. The predicted molar refractivity (Wildman–Crippen MR) is 103 cm³/mol. The van der Waals surface area contributed by atoms with Crippen molar-refractivity contribution in [1.29, 1.82) is 0 Å². The molecule has 0 bridgehead atoms. The Hall–Kier alpha value is -3.26. The summed E-state index contributed by atoms with van der Waals surface area (Å²) in [5.74, 6) is 0.781. The van der Waals surface area contributed by atoms with Crippen molar-refractivity contribution in [2.75, 3.05) is 0 Å². The third-order valence-corrected chi connectivity index (χ3v) is 4.22. The van der Waals surface area contributed by atoms with Gasteiger partial charge in [-0.15, -0.1) is 0 Å². The van der Waals surface area contributed by atoms with Gasteiger partial charge >= 0.3 is 0 Å². The molecule has 4 aromatic rings. The molecule has 0 radical (unpaired) electrons. The summed E-state index contributed by atoms with van der Waals surface area (Å²) >= 11 is 0. The highest BCUT2D eigenvalue weighted by atomic mass is 14.9. The summed E-state index contributed by atoms with van der Waals surface area (Å²) in [5, 5.41) is 0. The van der Waals surface area contributed by atoms with Crippen molar-refractivity contribution < 1.29 is 0 Å². The number of aromatic nitrogens is 2. The van der Waals surface area contributed by atoms with E-state index in [1.807, 2.05) is 31.3 Å². The molecule has 2 heteroatoms. The van der Waals surface area contributed by atoms with Crippen LogP contribution in [0.1, 0.15) is 5.82 Å². The van der Waals surface area contributed by atoms with E-state index in [2.05, 4.69) is 76.7 Å². The summed E-state index contributed by atoms with van der Waals surface area (Å²) in [4.78, 5) is 8.82. The maximum Gasteiger partial charge on any atom is 0.125 e. The van der Waals surface area contributed by atoms with Gasteiger partial charge in [-0.1, -0.05) is 60.7 Å². The zero-order valence-electron chi connectivity index (χ0n) is 14.1. The second kappa shape index (κ2) is 6.70. The molecule has 0 spiro atoms. The van der Waals surface area contributed by atoms with Gasteiger partial charge < -0.3 is 0 Å². The van der Waals surface area contributed by atoms with E-state index < -0.39 is 0 Å². The van der Waals surface area contributed by atoms with Crippen molar-refractivity contribution in [2.24, 2.45) is 0 Å². The first kappa shape index (κ1) is 15.3. The Morgan fingerprint density at radius 2 is 1.08 bits per heavy atom. The molecule has 1 heterocycles. The van der Waals surface area contributed by atoms with Crippen LogP contribution in [-0.4, -0.2) is 9.97 Å². The van der Waals surface area contributed by atoms with Crippen molar-refractivity contribution in [3.63, 3.8) is 0 Å². The molecular weight excluding hydrogens is 304 g/mol. The largest absolute Gasteiger partial charge is 0.242 e. The molecule has 4 rings (SSSR count). The molecule has 1 aromatic heterocycles. The van der Waals surface area contributed by atoms with Crippen molar-refractivity contribution >= 4 is 0 Å². The van der Waals surface area contributed by atoms with Crippen LogP contribution in [0.4, 0.5) is 0 Å². The van der Waals surface area contributed by atoms with Gasteiger partial charge in [-0.25, -0.2) is 9.97 Å². The Morgan fingerprint density at radius 1 is 0.560 bits per heavy atom. The average molecular weight is 322 g/mol. The van der Waals surface area contributed by atoms with E-state index in [9.17, 15) is 0 Å². The number of benzene rings is 3. The van der Waals surface area contributed by atoms with Crippen molar-refractivity contribution in [1.82, 2.24) is 9.97 Å². The van der Waals surface area contributed by atoms with Crippen LogP contribution in [0.5, 0.6) is 0 Å². The highest BCUT2D eigenvalue weighted by molar-refractivity contribution is 5.80. The second-order valence-electron chi connectivity index (χ2n) is 6.02. The predicted octanol–water partition coefficient (Wildman–Crippen LogP) is 5.79. The van der Waals surface area contributed by atoms with Crippen LogP contribution in [-0.2, 0) is 0 Å². The van der Waals surface area contributed by atoms with Gasteiger partial charge in [0.05, 0.1) is 5.69 Å². The second-order valence-corrected chi connectivity index (χ2v) is 6.02. The van der Waals surface area contributed by atoms with Crippen LogP contribution < -0.4 is 0 Å². The maximum absolute atomic E-state index is 4.60. The van der Waals surface area contributed by atoms with E-state index in [4.69, 9.17) is 0 Å². The van der Waals surface area contributed by atoms with Crippen LogP contribution in [0, 0.1) is 6.92 Å². The topological polar surface area (TPSA) is 25.8 Å². The molecule has 0 amide bonds. The molecule has 0 unspecified atom stereocenters. The van der Waals surface area contributed by atoms with Crippen LogP contribution in [0.15, 0.2) is 91.1 Å². The SMILES string of the molecule is Cc1nccc(-c2cc(-c3ccccc3)cc(-c3ccccc3)c2)n1. The Balaban J connectivity index is 1.92. The molecule has 0 atom stereocenters. The quantitative estimate of drug-likeness (QED) is 0.477. The Labute approximate surface area is 147 Å². The van der Waals surface area contributed by atoms with Crippen LogP contribution in [0.2, 0.25) is 0 Å². The van der Waals surface area contributed by atoms with E-state index in [-0.39, 0.29) is 0 Å². The van der Waals surface area contributed by atoms with Crippen LogP contribution >= 0.6 is 0 Å².